The monoisotopic (exact) mass is 304 g/mol. The molecule has 116 valence electrons. The van der Waals surface area contributed by atoms with Crippen LogP contribution in [0.1, 0.15) is 18.5 Å². The van der Waals surface area contributed by atoms with Crippen LogP contribution in [-0.2, 0) is 15.7 Å². The number of halogens is 3. The number of pyridine rings is 1. The summed E-state index contributed by atoms with van der Waals surface area (Å²) in [6.45, 7) is 0.928. The zero-order valence-electron chi connectivity index (χ0n) is 11.4. The molecule has 1 amide bonds. The van der Waals surface area contributed by atoms with Crippen LogP contribution in [-0.4, -0.2) is 31.2 Å². The topological polar surface area (TPSA) is 60.5 Å². The first kappa shape index (κ1) is 15.6. The molecule has 0 radical (unpaired) electrons. The van der Waals surface area contributed by atoms with Gasteiger partial charge in [-0.1, -0.05) is 0 Å². The van der Waals surface area contributed by atoms with E-state index in [1.165, 1.54) is 7.11 Å². The van der Waals surface area contributed by atoms with Crippen molar-refractivity contribution in [2.75, 3.05) is 25.6 Å². The molecule has 8 heteroatoms. The number of hydrogen-bond acceptors (Lipinski definition) is 4. The summed E-state index contributed by atoms with van der Waals surface area (Å²) in [4.78, 5) is 15.3. The van der Waals surface area contributed by atoms with E-state index in [4.69, 9.17) is 9.47 Å². The van der Waals surface area contributed by atoms with Crippen molar-refractivity contribution >= 4 is 11.6 Å². The van der Waals surface area contributed by atoms with Crippen molar-refractivity contribution in [1.82, 2.24) is 4.98 Å². The maximum atomic E-state index is 12.6. The van der Waals surface area contributed by atoms with Gasteiger partial charge in [-0.2, -0.15) is 13.2 Å². The van der Waals surface area contributed by atoms with Crippen molar-refractivity contribution in [3.8, 4) is 5.75 Å². The lowest BCUT2D eigenvalue weighted by atomic mass is 10.0. The molecule has 0 saturated carbocycles. The van der Waals surface area contributed by atoms with Gasteiger partial charge in [0.05, 0.1) is 25.8 Å². The fourth-order valence-corrected chi connectivity index (χ4v) is 2.04. The second-order valence-corrected chi connectivity index (χ2v) is 4.67. The lowest BCUT2D eigenvalue weighted by Crippen LogP contribution is -2.30. The van der Waals surface area contributed by atoms with Gasteiger partial charge in [-0.25, -0.2) is 4.98 Å². The first-order valence-corrected chi connectivity index (χ1v) is 6.41. The predicted molar refractivity (Wildman–Crippen MR) is 68.0 cm³/mol. The van der Waals surface area contributed by atoms with E-state index in [9.17, 15) is 18.0 Å². The largest absolute Gasteiger partial charge is 0.494 e. The zero-order chi connectivity index (χ0) is 15.5. The van der Waals surface area contributed by atoms with Crippen LogP contribution in [0.25, 0.3) is 0 Å². The molecular weight excluding hydrogens is 289 g/mol. The summed E-state index contributed by atoms with van der Waals surface area (Å²) < 4.78 is 47.8. The number of nitrogens with zero attached hydrogens (tertiary/aromatic N) is 1. The third kappa shape index (κ3) is 3.84. The normalized spacial score (nSPS) is 19.1. The number of ether oxygens (including phenoxy) is 2. The Hall–Kier alpha value is -1.83. The van der Waals surface area contributed by atoms with Gasteiger partial charge >= 0.3 is 6.18 Å². The average Bonchev–Trinajstić information content (AvgIpc) is 2.47. The van der Waals surface area contributed by atoms with Crippen LogP contribution in [0, 0.1) is 5.92 Å². The highest BCUT2D eigenvalue weighted by atomic mass is 19.4. The Balaban J connectivity index is 2.14. The molecule has 0 aromatic carbocycles. The van der Waals surface area contributed by atoms with Gasteiger partial charge in [0.15, 0.2) is 0 Å². The highest BCUT2D eigenvalue weighted by Crippen LogP contribution is 2.33. The molecule has 1 saturated heterocycles. The van der Waals surface area contributed by atoms with Crippen LogP contribution < -0.4 is 10.1 Å². The highest BCUT2D eigenvalue weighted by Gasteiger charge is 2.33. The third-order valence-corrected chi connectivity index (χ3v) is 3.17. The van der Waals surface area contributed by atoms with Gasteiger partial charge in [0.1, 0.15) is 17.1 Å². The van der Waals surface area contributed by atoms with E-state index in [-0.39, 0.29) is 23.3 Å². The van der Waals surface area contributed by atoms with Gasteiger partial charge < -0.3 is 14.8 Å². The smallest absolute Gasteiger partial charge is 0.433 e. The van der Waals surface area contributed by atoms with Crippen LogP contribution in [0.5, 0.6) is 5.75 Å². The summed E-state index contributed by atoms with van der Waals surface area (Å²) in [5.41, 5.74) is -0.959. The molecule has 0 aliphatic carbocycles. The summed E-state index contributed by atoms with van der Waals surface area (Å²) in [6.07, 6.45) is -2.15. The Morgan fingerprint density at radius 2 is 2.29 bits per heavy atom. The minimum absolute atomic E-state index is 0.0811. The maximum Gasteiger partial charge on any atom is 0.433 e. The summed E-state index contributed by atoms with van der Waals surface area (Å²) >= 11 is 0. The molecule has 1 aromatic heterocycles. The molecule has 2 rings (SSSR count). The van der Waals surface area contributed by atoms with E-state index < -0.39 is 11.9 Å². The first-order valence-electron chi connectivity index (χ1n) is 6.41. The van der Waals surface area contributed by atoms with Crippen molar-refractivity contribution in [1.29, 1.82) is 0 Å². The summed E-state index contributed by atoms with van der Waals surface area (Å²) in [7, 11) is 1.23. The Bertz CT molecular complexity index is 514. The predicted octanol–water partition coefficient (Wildman–Crippen LogP) is 2.47. The Kier molecular flexibility index (Phi) is 4.66. The minimum atomic E-state index is -4.56. The number of carbonyl (C=O) groups excluding carboxylic acids is 1. The van der Waals surface area contributed by atoms with Gasteiger partial charge in [-0.15, -0.1) is 0 Å². The van der Waals surface area contributed by atoms with E-state index in [2.05, 4.69) is 10.3 Å². The number of alkyl halides is 3. The molecule has 2 heterocycles. The van der Waals surface area contributed by atoms with Crippen LogP contribution >= 0.6 is 0 Å². The summed E-state index contributed by atoms with van der Waals surface area (Å²) in [5.74, 6) is -0.706. The number of rotatable bonds is 3. The molecule has 0 unspecified atom stereocenters. The molecule has 21 heavy (non-hydrogen) atoms. The molecular formula is C13H15F3N2O3. The van der Waals surface area contributed by atoms with E-state index in [1.54, 1.807) is 0 Å². The van der Waals surface area contributed by atoms with E-state index in [0.29, 0.717) is 19.6 Å². The van der Waals surface area contributed by atoms with Crippen LogP contribution in [0.3, 0.4) is 0 Å². The minimum Gasteiger partial charge on any atom is -0.494 e. The first-order chi connectivity index (χ1) is 9.91. The number of anilines is 1. The Morgan fingerprint density at radius 1 is 1.52 bits per heavy atom. The molecule has 1 aliphatic heterocycles. The van der Waals surface area contributed by atoms with Crippen molar-refractivity contribution in [2.45, 2.75) is 19.0 Å². The molecule has 1 N–H and O–H groups in total. The van der Waals surface area contributed by atoms with E-state index >= 15 is 0 Å². The fourth-order valence-electron chi connectivity index (χ4n) is 2.04. The molecule has 1 aromatic rings. The van der Waals surface area contributed by atoms with Gasteiger partial charge in [0.25, 0.3) is 0 Å². The number of nitrogens with one attached hydrogen (secondary N) is 1. The van der Waals surface area contributed by atoms with Gasteiger partial charge in [0, 0.05) is 12.7 Å². The number of methoxy groups -OCH3 is 1. The van der Waals surface area contributed by atoms with Gasteiger partial charge in [-0.05, 0) is 12.8 Å². The lowest BCUT2D eigenvalue weighted by Gasteiger charge is -2.21. The number of amides is 1. The zero-order valence-corrected chi connectivity index (χ0v) is 11.4. The van der Waals surface area contributed by atoms with Crippen molar-refractivity contribution in [3.05, 3.63) is 18.0 Å². The van der Waals surface area contributed by atoms with E-state index in [1.807, 2.05) is 0 Å². The van der Waals surface area contributed by atoms with Gasteiger partial charge in [-0.3, -0.25) is 4.79 Å². The second kappa shape index (κ2) is 6.30. The average molecular weight is 304 g/mol. The molecule has 0 spiro atoms. The molecule has 1 aliphatic rings. The Morgan fingerprint density at radius 3 is 2.86 bits per heavy atom. The van der Waals surface area contributed by atoms with Gasteiger partial charge in [0.2, 0.25) is 5.91 Å². The summed E-state index contributed by atoms with van der Waals surface area (Å²) in [5, 5.41) is 2.54. The number of aromatic nitrogens is 1. The van der Waals surface area contributed by atoms with Crippen LogP contribution in [0.2, 0.25) is 0 Å². The lowest BCUT2D eigenvalue weighted by molar-refractivity contribution is -0.141. The number of carbonyl (C=O) groups is 1. The second-order valence-electron chi connectivity index (χ2n) is 4.67. The SMILES string of the molecule is COc1cc(C(F)(F)F)ncc1NC(=O)[C@@H]1CCCOC1. The standard InChI is InChI=1S/C13H15F3N2O3/c1-20-10-5-11(13(14,15)16)17-6-9(10)18-12(19)8-3-2-4-21-7-8/h5-6,8H,2-4,7H2,1H3,(H,18,19)/t8-/m1/s1. The third-order valence-electron chi connectivity index (χ3n) is 3.17. The van der Waals surface area contributed by atoms with E-state index in [0.717, 1.165) is 18.7 Å². The quantitative estimate of drug-likeness (QED) is 0.932. The summed E-state index contributed by atoms with van der Waals surface area (Å²) in [6, 6.07) is 0.757. The molecule has 5 nitrogen and oxygen atoms in total. The van der Waals surface area contributed by atoms with Crippen molar-refractivity contribution < 1.29 is 27.4 Å². The van der Waals surface area contributed by atoms with Crippen LogP contribution in [0.4, 0.5) is 18.9 Å². The molecule has 0 bridgehead atoms. The highest BCUT2D eigenvalue weighted by molar-refractivity contribution is 5.93. The molecule has 1 fully saturated rings. The van der Waals surface area contributed by atoms with Crippen molar-refractivity contribution in [2.24, 2.45) is 5.92 Å². The fraction of sp³-hybridized carbons (Fsp3) is 0.538. The van der Waals surface area contributed by atoms with Crippen LogP contribution in [0.15, 0.2) is 12.3 Å². The maximum absolute atomic E-state index is 12.6. The number of hydrogen-bond donors (Lipinski definition) is 1. The molecule has 1 atom stereocenters. The Labute approximate surface area is 119 Å². The van der Waals surface area contributed by atoms with Crippen molar-refractivity contribution in [3.63, 3.8) is 0 Å².